The number of carbonyl (C=O) groups is 2. The fourth-order valence-corrected chi connectivity index (χ4v) is 2.57. The molecule has 0 bridgehead atoms. The molecule has 0 radical (unpaired) electrons. The maximum atomic E-state index is 11.6. The highest BCUT2D eigenvalue weighted by atomic mass is 16.7. The van der Waals surface area contributed by atoms with Crippen LogP contribution in [0, 0.1) is 0 Å². The summed E-state index contributed by atoms with van der Waals surface area (Å²) < 4.78 is 9.64. The van der Waals surface area contributed by atoms with Crippen LogP contribution in [0.3, 0.4) is 0 Å². The van der Waals surface area contributed by atoms with E-state index in [9.17, 15) is 14.7 Å². The number of allylic oxidation sites excluding steroid dienone is 10. The van der Waals surface area contributed by atoms with Crippen molar-refractivity contribution in [2.24, 2.45) is 0 Å². The molecule has 0 aliphatic heterocycles. The van der Waals surface area contributed by atoms with E-state index in [0.717, 1.165) is 38.5 Å². The van der Waals surface area contributed by atoms with Crippen LogP contribution in [0.25, 0.3) is 0 Å². The van der Waals surface area contributed by atoms with Crippen molar-refractivity contribution in [3.63, 3.8) is 0 Å². The average molecular weight is 493 g/mol. The number of hydrogen-bond acceptors (Lipinski definition) is 5. The van der Waals surface area contributed by atoms with Crippen LogP contribution in [0.5, 0.6) is 0 Å². The lowest BCUT2D eigenvalue weighted by Crippen LogP contribution is -2.82. The van der Waals surface area contributed by atoms with Gasteiger partial charge in [0.2, 0.25) is 6.79 Å². The minimum atomic E-state index is -0.758. The van der Waals surface area contributed by atoms with E-state index in [1.807, 2.05) is 0 Å². The van der Waals surface area contributed by atoms with Crippen LogP contribution in [0.4, 0.5) is 0 Å². The van der Waals surface area contributed by atoms with Crippen molar-refractivity contribution in [3.8, 4) is 0 Å². The van der Waals surface area contributed by atoms with Gasteiger partial charge in [-0.15, -0.1) is 0 Å². The van der Waals surface area contributed by atoms with Gasteiger partial charge >= 0.3 is 11.9 Å². The molecule has 0 aliphatic carbocycles. The zero-order valence-corrected chi connectivity index (χ0v) is 22.5. The van der Waals surface area contributed by atoms with E-state index in [1.54, 1.807) is 12.4 Å². The summed E-state index contributed by atoms with van der Waals surface area (Å²) in [7, 11) is 1.80. The van der Waals surface area contributed by atoms with Crippen molar-refractivity contribution >= 4 is 11.9 Å². The van der Waals surface area contributed by atoms with Crippen LogP contribution in [0.15, 0.2) is 60.8 Å². The predicted octanol–water partition coefficient (Wildman–Crippen LogP) is 5.31. The van der Waals surface area contributed by atoms with E-state index in [0.29, 0.717) is 13.0 Å². The smallest absolute Gasteiger partial charge is 0.311 e. The number of aliphatic hydroxyl groups is 1. The molecule has 200 valence electrons. The van der Waals surface area contributed by atoms with Gasteiger partial charge in [0.05, 0.1) is 13.5 Å². The summed E-state index contributed by atoms with van der Waals surface area (Å²) in [5.41, 5.74) is 0. The Hall–Kier alpha value is -2.44. The molecule has 6 heteroatoms. The molecule has 3 N–H and O–H groups in total. The Kier molecular flexibility index (Phi) is 29.4. The number of ether oxygens (including phenoxy) is 2. The third-order valence-electron chi connectivity index (χ3n) is 4.26. The summed E-state index contributed by atoms with van der Waals surface area (Å²) in [5, 5.41) is 11.3. The van der Waals surface area contributed by atoms with Crippen molar-refractivity contribution in [1.29, 1.82) is 0 Å². The van der Waals surface area contributed by atoms with E-state index in [1.165, 1.54) is 6.42 Å². The zero-order chi connectivity index (χ0) is 26.4. The van der Waals surface area contributed by atoms with Crippen molar-refractivity contribution < 1.29 is 29.5 Å². The fourth-order valence-electron chi connectivity index (χ4n) is 2.57. The van der Waals surface area contributed by atoms with E-state index < -0.39 is 24.8 Å². The molecule has 0 aliphatic rings. The van der Waals surface area contributed by atoms with Gasteiger partial charge in [-0.1, -0.05) is 88.0 Å². The summed E-state index contributed by atoms with van der Waals surface area (Å²) in [5.74, 6) is -0.974. The molecule has 6 nitrogen and oxygen atoms in total. The average Bonchev–Trinajstić information content (AvgIpc) is 2.81. The minimum Gasteiger partial charge on any atom is -0.428 e. The van der Waals surface area contributed by atoms with Crippen LogP contribution >= 0.6 is 0 Å². The van der Waals surface area contributed by atoms with E-state index in [2.05, 4.69) is 81.5 Å². The summed E-state index contributed by atoms with van der Waals surface area (Å²) in [4.78, 5) is 23.0. The number of esters is 2. The number of quaternary nitrogens is 1. The Labute approximate surface area is 213 Å². The SMILES string of the molecule is CC/C=C\C/C=C\C/C=C\C/C=C\C/C=C\CCCC(=O)OCOC(=O)CC(O)C[NH2+]C.CCC. The molecule has 0 rings (SSSR count). The quantitative estimate of drug-likeness (QED) is 0.110. The Morgan fingerprint density at radius 3 is 1.71 bits per heavy atom. The van der Waals surface area contributed by atoms with Crippen LogP contribution in [-0.2, 0) is 19.1 Å². The Morgan fingerprint density at radius 1 is 0.771 bits per heavy atom. The van der Waals surface area contributed by atoms with E-state index >= 15 is 0 Å². The van der Waals surface area contributed by atoms with Crippen LogP contribution in [0.2, 0.25) is 0 Å². The maximum absolute atomic E-state index is 11.6. The molecule has 0 fully saturated rings. The third kappa shape index (κ3) is 31.6. The summed E-state index contributed by atoms with van der Waals surface area (Å²) in [6.07, 6.45) is 28.5. The number of carbonyl (C=O) groups excluding carboxylic acids is 2. The number of hydrogen-bond donors (Lipinski definition) is 2. The molecule has 0 saturated carbocycles. The lowest BCUT2D eigenvalue weighted by atomic mass is 10.2. The third-order valence-corrected chi connectivity index (χ3v) is 4.26. The van der Waals surface area contributed by atoms with Gasteiger partial charge in [0.25, 0.3) is 0 Å². The Balaban J connectivity index is 0. The molecule has 1 unspecified atom stereocenters. The molecule has 0 heterocycles. The standard InChI is InChI=1S/C26H41NO5.C3H8/c1-3-4-5-6-7-8-9-10-11-12-13-14-15-16-17-18-19-20-25(29)31-23-32-26(30)21-24(28)22-27-2;1-3-2/h4-5,7-8,10-11,13-14,16-17,24,27-28H,3,6,9,12,15,18-23H2,1-2H3;3H2,1-2H3/p+1/b5-4-,8-7-,11-10-,14-13-,17-16-;. The molecule has 0 aromatic heterocycles. The molecule has 35 heavy (non-hydrogen) atoms. The fraction of sp³-hybridized carbons (Fsp3) is 0.586. The Bertz CT molecular complexity index is 635. The zero-order valence-electron chi connectivity index (χ0n) is 22.5. The number of likely N-dealkylation sites (N-methyl/N-ethyl adjacent to an activating group) is 1. The highest BCUT2D eigenvalue weighted by molar-refractivity contribution is 5.71. The largest absolute Gasteiger partial charge is 0.428 e. The summed E-state index contributed by atoms with van der Waals surface area (Å²) >= 11 is 0. The second-order valence-electron chi connectivity index (χ2n) is 7.96. The van der Waals surface area contributed by atoms with Gasteiger partial charge in [-0.05, 0) is 44.9 Å². The number of nitrogens with two attached hydrogens (primary N) is 1. The highest BCUT2D eigenvalue weighted by Gasteiger charge is 2.13. The normalized spacial score (nSPS) is 12.6. The second kappa shape index (κ2) is 29.6. The first-order valence-corrected chi connectivity index (χ1v) is 13.0. The van der Waals surface area contributed by atoms with Gasteiger partial charge < -0.3 is 19.9 Å². The molecule has 0 amide bonds. The van der Waals surface area contributed by atoms with Crippen LogP contribution < -0.4 is 5.32 Å². The molecule has 0 spiro atoms. The van der Waals surface area contributed by atoms with Gasteiger partial charge in [-0.2, -0.15) is 0 Å². The van der Waals surface area contributed by atoms with Crippen LogP contribution in [0.1, 0.15) is 85.0 Å². The molecular formula is C29H50NO5+. The summed E-state index contributed by atoms with van der Waals surface area (Å²) in [6, 6.07) is 0. The first-order chi connectivity index (χ1) is 17.0. The van der Waals surface area contributed by atoms with Crippen LogP contribution in [-0.4, -0.2) is 43.5 Å². The highest BCUT2D eigenvalue weighted by Crippen LogP contribution is 2.01. The van der Waals surface area contributed by atoms with Gasteiger partial charge in [-0.3, -0.25) is 9.59 Å². The van der Waals surface area contributed by atoms with Gasteiger partial charge in [0.1, 0.15) is 12.6 Å². The lowest BCUT2D eigenvalue weighted by Gasteiger charge is -2.08. The lowest BCUT2D eigenvalue weighted by molar-refractivity contribution is -0.633. The van der Waals surface area contributed by atoms with Crippen molar-refractivity contribution in [2.45, 2.75) is 91.1 Å². The Morgan fingerprint density at radius 2 is 1.23 bits per heavy atom. The van der Waals surface area contributed by atoms with Gasteiger partial charge in [-0.25, -0.2) is 0 Å². The monoisotopic (exact) mass is 492 g/mol. The first kappa shape index (κ1) is 34.7. The molecule has 0 saturated heterocycles. The predicted molar refractivity (Wildman–Crippen MR) is 145 cm³/mol. The number of unbranched alkanes of at least 4 members (excludes halogenated alkanes) is 1. The van der Waals surface area contributed by atoms with Gasteiger partial charge in [0, 0.05) is 6.42 Å². The second-order valence-corrected chi connectivity index (χ2v) is 7.96. The van der Waals surface area contributed by atoms with E-state index in [4.69, 9.17) is 9.47 Å². The van der Waals surface area contributed by atoms with Crippen molar-refractivity contribution in [3.05, 3.63) is 60.8 Å². The molecule has 0 aromatic carbocycles. The topological polar surface area (TPSA) is 89.4 Å². The van der Waals surface area contributed by atoms with Crippen molar-refractivity contribution in [1.82, 2.24) is 0 Å². The maximum Gasteiger partial charge on any atom is 0.311 e. The van der Waals surface area contributed by atoms with E-state index in [-0.39, 0.29) is 12.8 Å². The van der Waals surface area contributed by atoms with Gasteiger partial charge in [0.15, 0.2) is 0 Å². The van der Waals surface area contributed by atoms with Crippen molar-refractivity contribution in [2.75, 3.05) is 20.4 Å². The first-order valence-electron chi connectivity index (χ1n) is 13.0. The summed E-state index contributed by atoms with van der Waals surface area (Å²) in [6.45, 7) is 6.41. The number of aliphatic hydroxyl groups excluding tert-OH is 1. The molecule has 1 atom stereocenters. The molecule has 0 aromatic rings. The molecular weight excluding hydrogens is 442 g/mol. The number of rotatable bonds is 19. The minimum absolute atomic E-state index is 0.105.